The third-order valence-corrected chi connectivity index (χ3v) is 7.14. The van der Waals surface area contributed by atoms with Gasteiger partial charge in [-0.05, 0) is 69.4 Å². The molecule has 2 aliphatic rings. The molecule has 40 heavy (non-hydrogen) atoms. The first-order valence-electron chi connectivity index (χ1n) is 13.6. The van der Waals surface area contributed by atoms with Crippen molar-refractivity contribution in [1.29, 1.82) is 5.41 Å². The first-order valence-corrected chi connectivity index (χ1v) is 13.6. The molecule has 12 heteroatoms. The monoisotopic (exact) mass is 555 g/mol. The molecule has 2 aliphatic carbocycles. The largest absolute Gasteiger partial charge is 0.481 e. The standard InChI is InChI=1S/C28H38FN7O4/c1-16(2)33-22(9-10-30)26(37)35-25(24(17-5-6-17)18-7-8-18)27(38)34-20-13-32-36(14-20)23(15-39-3)21-11-19(29)12-31-28(21)40-4/h9-14,16-18,23-25,30,33H,5-8,15H2,1-4H3,(H,34,38)(H,35,37)/b22-9-,30-10?. The maximum absolute atomic E-state index is 14.1. The zero-order valence-electron chi connectivity index (χ0n) is 23.3. The van der Waals surface area contributed by atoms with E-state index in [1.165, 1.54) is 32.6 Å². The number of halogens is 1. The summed E-state index contributed by atoms with van der Waals surface area (Å²) in [6.45, 7) is 3.96. The van der Waals surface area contributed by atoms with Crippen LogP contribution in [0.4, 0.5) is 10.1 Å². The predicted octanol–water partition coefficient (Wildman–Crippen LogP) is 3.05. The number of allylic oxidation sites excluding steroid dienone is 1. The summed E-state index contributed by atoms with van der Waals surface area (Å²) >= 11 is 0. The van der Waals surface area contributed by atoms with E-state index in [-0.39, 0.29) is 36.1 Å². The number of methoxy groups -OCH3 is 2. The van der Waals surface area contributed by atoms with Crippen LogP contribution >= 0.6 is 0 Å². The van der Waals surface area contributed by atoms with Gasteiger partial charge in [0.05, 0.1) is 31.8 Å². The Labute approximate surface area is 233 Å². The molecule has 11 nitrogen and oxygen atoms in total. The minimum absolute atomic E-state index is 0.0234. The fourth-order valence-electron chi connectivity index (χ4n) is 5.14. The van der Waals surface area contributed by atoms with Gasteiger partial charge in [-0.2, -0.15) is 5.10 Å². The normalized spacial score (nSPS) is 16.9. The summed E-state index contributed by atoms with van der Waals surface area (Å²) < 4.78 is 26.3. The number of anilines is 1. The van der Waals surface area contributed by atoms with Crippen LogP contribution in [0.1, 0.15) is 51.1 Å². The number of rotatable bonds is 15. The van der Waals surface area contributed by atoms with Gasteiger partial charge < -0.3 is 30.8 Å². The van der Waals surface area contributed by atoms with Crippen LogP contribution in [0, 0.1) is 29.0 Å². The summed E-state index contributed by atoms with van der Waals surface area (Å²) in [6, 6.07) is -0.0154. The highest BCUT2D eigenvalue weighted by atomic mass is 19.1. The van der Waals surface area contributed by atoms with E-state index in [1.54, 1.807) is 10.9 Å². The van der Waals surface area contributed by atoms with Crippen LogP contribution in [0.2, 0.25) is 0 Å². The minimum atomic E-state index is -0.749. The van der Waals surface area contributed by atoms with E-state index < -0.39 is 23.8 Å². The molecule has 4 rings (SSSR count). The molecule has 0 bridgehead atoms. The zero-order valence-corrected chi connectivity index (χ0v) is 23.3. The maximum Gasteiger partial charge on any atom is 0.268 e. The molecule has 2 fully saturated rings. The topological polar surface area (TPSA) is 143 Å². The van der Waals surface area contributed by atoms with E-state index in [0.29, 0.717) is 23.1 Å². The quantitative estimate of drug-likeness (QED) is 0.195. The highest BCUT2D eigenvalue weighted by molar-refractivity contribution is 6.02. The van der Waals surface area contributed by atoms with Crippen molar-refractivity contribution in [3.05, 3.63) is 47.8 Å². The third kappa shape index (κ3) is 7.23. The lowest BCUT2D eigenvalue weighted by Gasteiger charge is -2.28. The van der Waals surface area contributed by atoms with Gasteiger partial charge in [-0.1, -0.05) is 0 Å². The lowest BCUT2D eigenvalue weighted by atomic mass is 9.88. The SMILES string of the molecule is COCC(c1cc(F)cnc1OC)n1cc(NC(=O)C(NC(=O)/C(=C/C=N)NC(C)C)C(C2CC2)C2CC2)cn1. The Kier molecular flexibility index (Phi) is 9.51. The predicted molar refractivity (Wildman–Crippen MR) is 148 cm³/mol. The van der Waals surface area contributed by atoms with Gasteiger partial charge in [0, 0.05) is 31.1 Å². The second kappa shape index (κ2) is 13.0. The zero-order chi connectivity index (χ0) is 28.8. The van der Waals surface area contributed by atoms with Gasteiger partial charge in [-0.3, -0.25) is 14.3 Å². The summed E-state index contributed by atoms with van der Waals surface area (Å²) in [6.07, 6.45) is 10.8. The van der Waals surface area contributed by atoms with Gasteiger partial charge in [0.2, 0.25) is 11.8 Å². The Morgan fingerprint density at radius 2 is 1.88 bits per heavy atom. The van der Waals surface area contributed by atoms with Crippen LogP contribution in [-0.2, 0) is 14.3 Å². The van der Waals surface area contributed by atoms with Crippen molar-refractivity contribution >= 4 is 23.7 Å². The molecule has 0 radical (unpaired) electrons. The number of hydrogen-bond donors (Lipinski definition) is 4. The van der Waals surface area contributed by atoms with Crippen LogP contribution in [0.15, 0.2) is 36.4 Å². The molecule has 2 aromatic rings. The highest BCUT2D eigenvalue weighted by Gasteiger charge is 2.48. The second-order valence-corrected chi connectivity index (χ2v) is 10.7. The Morgan fingerprint density at radius 1 is 1.18 bits per heavy atom. The maximum atomic E-state index is 14.1. The van der Waals surface area contributed by atoms with E-state index in [9.17, 15) is 14.0 Å². The lowest BCUT2D eigenvalue weighted by molar-refractivity contribution is -0.126. The Morgan fingerprint density at radius 3 is 2.45 bits per heavy atom. The Bertz CT molecular complexity index is 1230. The lowest BCUT2D eigenvalue weighted by Crippen LogP contribution is -2.51. The molecule has 2 heterocycles. The van der Waals surface area contributed by atoms with E-state index >= 15 is 0 Å². The molecule has 2 saturated carbocycles. The summed E-state index contributed by atoms with van der Waals surface area (Å²) in [5.41, 5.74) is 1.11. The van der Waals surface area contributed by atoms with Crippen molar-refractivity contribution < 1.29 is 23.5 Å². The number of amides is 2. The van der Waals surface area contributed by atoms with E-state index in [1.807, 2.05) is 13.8 Å². The molecule has 0 spiro atoms. The first kappa shape index (κ1) is 29.2. The van der Waals surface area contributed by atoms with E-state index in [2.05, 4.69) is 26.0 Å². The fourth-order valence-corrected chi connectivity index (χ4v) is 5.14. The van der Waals surface area contributed by atoms with Crippen LogP contribution in [0.25, 0.3) is 0 Å². The van der Waals surface area contributed by atoms with Gasteiger partial charge in [0.15, 0.2) is 0 Å². The molecule has 4 N–H and O–H groups in total. The number of hydrogen-bond acceptors (Lipinski definition) is 8. The third-order valence-electron chi connectivity index (χ3n) is 7.14. The van der Waals surface area contributed by atoms with E-state index in [0.717, 1.165) is 38.1 Å². The van der Waals surface area contributed by atoms with Gasteiger partial charge in [0.25, 0.3) is 5.91 Å². The fraction of sp³-hybridized carbons (Fsp3) is 0.536. The van der Waals surface area contributed by atoms with Crippen molar-refractivity contribution in [2.75, 3.05) is 26.1 Å². The summed E-state index contributed by atoms with van der Waals surface area (Å²) in [5.74, 6) is -0.229. The average Bonchev–Trinajstić information content (AvgIpc) is 3.86. The number of aromatic nitrogens is 3. The van der Waals surface area contributed by atoms with Crippen molar-refractivity contribution in [1.82, 2.24) is 25.4 Å². The number of nitrogens with zero attached hydrogens (tertiary/aromatic N) is 3. The molecule has 2 atom stereocenters. The molecule has 2 unspecified atom stereocenters. The number of pyridine rings is 1. The first-order chi connectivity index (χ1) is 19.2. The highest BCUT2D eigenvalue weighted by Crippen LogP contribution is 2.51. The second-order valence-electron chi connectivity index (χ2n) is 10.7. The average molecular weight is 556 g/mol. The summed E-state index contributed by atoms with van der Waals surface area (Å²) in [4.78, 5) is 31.0. The summed E-state index contributed by atoms with van der Waals surface area (Å²) in [5, 5.41) is 20.8. The molecule has 0 aromatic carbocycles. The van der Waals surface area contributed by atoms with Crippen molar-refractivity contribution in [2.45, 2.75) is 57.7 Å². The van der Waals surface area contributed by atoms with Crippen LogP contribution in [0.5, 0.6) is 5.88 Å². The van der Waals surface area contributed by atoms with Crippen molar-refractivity contribution in [3.8, 4) is 5.88 Å². The number of nitrogens with one attached hydrogen (secondary N) is 4. The molecule has 216 valence electrons. The molecule has 0 aliphatic heterocycles. The molecule has 2 aromatic heterocycles. The van der Waals surface area contributed by atoms with Crippen molar-refractivity contribution in [2.24, 2.45) is 17.8 Å². The van der Waals surface area contributed by atoms with E-state index in [4.69, 9.17) is 14.9 Å². The number of carbonyl (C=O) groups is 2. The molecule has 2 amide bonds. The summed E-state index contributed by atoms with van der Waals surface area (Å²) in [7, 11) is 2.98. The number of ether oxygens (including phenoxy) is 2. The van der Waals surface area contributed by atoms with Gasteiger partial charge in [-0.15, -0.1) is 0 Å². The van der Waals surface area contributed by atoms with Crippen LogP contribution in [-0.4, -0.2) is 65.7 Å². The smallest absolute Gasteiger partial charge is 0.268 e. The molecular weight excluding hydrogens is 517 g/mol. The molecular formula is C28H38FN7O4. The minimum Gasteiger partial charge on any atom is -0.481 e. The number of carbonyl (C=O) groups excluding carboxylic acids is 2. The van der Waals surface area contributed by atoms with Crippen LogP contribution < -0.4 is 20.7 Å². The Hall–Kier alpha value is -3.80. The van der Waals surface area contributed by atoms with Gasteiger partial charge >= 0.3 is 0 Å². The van der Waals surface area contributed by atoms with Crippen molar-refractivity contribution in [3.63, 3.8) is 0 Å². The van der Waals surface area contributed by atoms with Gasteiger partial charge in [-0.25, -0.2) is 9.37 Å². The van der Waals surface area contributed by atoms with Crippen LogP contribution in [0.3, 0.4) is 0 Å². The van der Waals surface area contributed by atoms with Gasteiger partial charge in [0.1, 0.15) is 23.6 Å². The Balaban J connectivity index is 1.57. The molecule has 0 saturated heterocycles.